The van der Waals surface area contributed by atoms with E-state index in [0.717, 1.165) is 0 Å². The van der Waals surface area contributed by atoms with Crippen LogP contribution in [0.4, 0.5) is 0 Å². The van der Waals surface area contributed by atoms with Gasteiger partial charge >= 0.3 is 5.97 Å². The molecule has 1 unspecified atom stereocenters. The largest absolute Gasteiger partial charge is 0.480 e. The van der Waals surface area contributed by atoms with Gasteiger partial charge in [-0.25, -0.2) is 0 Å². The number of halogens is 1. The summed E-state index contributed by atoms with van der Waals surface area (Å²) in [5, 5.41) is 8.55. The minimum atomic E-state index is -0.792. The minimum absolute atomic E-state index is 0. The molecule has 74 valence electrons. The molecule has 1 N–H and O–H groups in total. The van der Waals surface area contributed by atoms with E-state index in [2.05, 4.69) is 0 Å². The summed E-state index contributed by atoms with van der Waals surface area (Å²) in [7, 11) is 0. The lowest BCUT2D eigenvalue weighted by molar-refractivity contribution is -0.137. The van der Waals surface area contributed by atoms with Crippen LogP contribution in [0, 0.1) is 0 Å². The molecule has 1 atom stereocenters. The zero-order valence-corrected chi connectivity index (χ0v) is 8.54. The van der Waals surface area contributed by atoms with Crippen LogP contribution in [0.2, 0.25) is 0 Å². The lowest BCUT2D eigenvalue weighted by atomic mass is 10.1. The maximum atomic E-state index is 10.4. The molecule has 0 aromatic carbocycles. The van der Waals surface area contributed by atoms with Gasteiger partial charge in [-0.05, 0) is 19.9 Å². The molecule has 1 rings (SSSR count). The van der Waals surface area contributed by atoms with Gasteiger partial charge in [-0.3, -0.25) is 4.79 Å². The van der Waals surface area contributed by atoms with E-state index < -0.39 is 5.97 Å². The lowest BCUT2D eigenvalue weighted by Crippen LogP contribution is -2.33. The van der Waals surface area contributed by atoms with Gasteiger partial charge in [-0.15, -0.1) is 12.4 Å². The lowest BCUT2D eigenvalue weighted by Gasteiger charge is -2.26. The Balaban J connectivity index is 0.00000144. The number of rotatable bonds is 2. The summed E-state index contributed by atoms with van der Waals surface area (Å²) in [6.07, 6.45) is 5.79. The van der Waals surface area contributed by atoms with Crippen LogP contribution in [0.1, 0.15) is 13.8 Å². The van der Waals surface area contributed by atoms with E-state index in [9.17, 15) is 4.79 Å². The third-order valence-electron chi connectivity index (χ3n) is 1.87. The van der Waals surface area contributed by atoms with Crippen molar-refractivity contribution in [3.63, 3.8) is 0 Å². The van der Waals surface area contributed by atoms with Gasteiger partial charge in [-0.1, -0.05) is 11.6 Å². The number of carboxylic acid groups (broad SMARTS) is 1. The first-order valence-electron chi connectivity index (χ1n) is 3.94. The van der Waals surface area contributed by atoms with Crippen molar-refractivity contribution in [2.45, 2.75) is 19.9 Å². The van der Waals surface area contributed by atoms with Crippen LogP contribution < -0.4 is 0 Å². The quantitative estimate of drug-likeness (QED) is 0.742. The van der Waals surface area contributed by atoms with E-state index in [-0.39, 0.29) is 25.0 Å². The van der Waals surface area contributed by atoms with E-state index in [1.165, 1.54) is 5.57 Å². The summed E-state index contributed by atoms with van der Waals surface area (Å²) in [6, 6.07) is 0.186. The van der Waals surface area contributed by atoms with E-state index >= 15 is 0 Å². The zero-order valence-electron chi connectivity index (χ0n) is 7.73. The zero-order chi connectivity index (χ0) is 9.14. The normalized spacial score (nSPS) is 20.6. The molecule has 0 saturated carbocycles. The van der Waals surface area contributed by atoms with Crippen LogP contribution in [0.15, 0.2) is 23.9 Å². The van der Waals surface area contributed by atoms with E-state index in [0.29, 0.717) is 0 Å². The van der Waals surface area contributed by atoms with Crippen LogP contribution in [-0.4, -0.2) is 28.6 Å². The molecule has 1 heterocycles. The average molecular weight is 204 g/mol. The van der Waals surface area contributed by atoms with Gasteiger partial charge in [-0.2, -0.15) is 0 Å². The number of carboxylic acids is 1. The number of carbonyl (C=O) groups is 1. The fourth-order valence-corrected chi connectivity index (χ4v) is 1.23. The van der Waals surface area contributed by atoms with Crippen LogP contribution >= 0.6 is 12.4 Å². The molecular formula is C9H14ClNO2. The maximum absolute atomic E-state index is 10.4. The Hall–Kier alpha value is -0.960. The molecule has 0 aromatic rings. The summed E-state index contributed by atoms with van der Waals surface area (Å²) < 4.78 is 0. The van der Waals surface area contributed by atoms with Gasteiger partial charge in [0.15, 0.2) is 0 Å². The maximum Gasteiger partial charge on any atom is 0.323 e. The van der Waals surface area contributed by atoms with Gasteiger partial charge in [0.2, 0.25) is 0 Å². The second kappa shape index (κ2) is 4.92. The van der Waals surface area contributed by atoms with E-state index in [4.69, 9.17) is 5.11 Å². The van der Waals surface area contributed by atoms with Crippen LogP contribution in [0.5, 0.6) is 0 Å². The van der Waals surface area contributed by atoms with Gasteiger partial charge in [0, 0.05) is 12.2 Å². The molecule has 0 bridgehead atoms. The van der Waals surface area contributed by atoms with Crippen LogP contribution in [0.25, 0.3) is 0 Å². The standard InChI is InChI=1S/C9H13NO2.ClH/c1-7-3-4-10(6-9(11)12)8(2)5-7;/h3-5,8H,6H2,1-2H3,(H,11,12);1H. The molecular weight excluding hydrogens is 190 g/mol. The molecule has 0 aromatic heterocycles. The first-order chi connectivity index (χ1) is 5.59. The van der Waals surface area contributed by atoms with Gasteiger partial charge < -0.3 is 10.0 Å². The Morgan fingerprint density at radius 2 is 2.31 bits per heavy atom. The molecule has 0 fully saturated rings. The number of hydrogen-bond acceptors (Lipinski definition) is 2. The predicted molar refractivity (Wildman–Crippen MR) is 53.9 cm³/mol. The summed E-state index contributed by atoms with van der Waals surface area (Å²) in [5.41, 5.74) is 1.18. The van der Waals surface area contributed by atoms with Crippen molar-refractivity contribution in [3.8, 4) is 0 Å². The number of allylic oxidation sites excluding steroid dienone is 2. The first-order valence-corrected chi connectivity index (χ1v) is 3.94. The van der Waals surface area contributed by atoms with Gasteiger partial charge in [0.05, 0.1) is 0 Å². The van der Waals surface area contributed by atoms with Crippen LogP contribution in [-0.2, 0) is 4.79 Å². The molecule has 0 radical (unpaired) electrons. The highest BCUT2D eigenvalue weighted by Gasteiger charge is 2.13. The highest BCUT2D eigenvalue weighted by Crippen LogP contribution is 2.11. The van der Waals surface area contributed by atoms with E-state index in [1.807, 2.05) is 32.2 Å². The topological polar surface area (TPSA) is 40.5 Å². The van der Waals surface area contributed by atoms with Gasteiger partial charge in [0.25, 0.3) is 0 Å². The molecule has 1 aliphatic rings. The Labute approximate surface area is 84.1 Å². The average Bonchev–Trinajstić information content (AvgIpc) is 1.94. The Kier molecular flexibility index (Phi) is 4.56. The fraction of sp³-hybridized carbons (Fsp3) is 0.444. The Bertz CT molecular complexity index is 248. The monoisotopic (exact) mass is 203 g/mol. The number of aliphatic carboxylic acids is 1. The summed E-state index contributed by atoms with van der Waals surface area (Å²) in [4.78, 5) is 12.2. The van der Waals surface area contributed by atoms with Gasteiger partial charge in [0.1, 0.15) is 6.54 Å². The Morgan fingerprint density at radius 1 is 1.69 bits per heavy atom. The number of hydrogen-bond donors (Lipinski definition) is 1. The van der Waals surface area contributed by atoms with Crippen molar-refractivity contribution in [1.29, 1.82) is 0 Å². The van der Waals surface area contributed by atoms with Crippen molar-refractivity contribution in [1.82, 2.24) is 4.90 Å². The highest BCUT2D eigenvalue weighted by atomic mass is 35.5. The Morgan fingerprint density at radius 3 is 2.77 bits per heavy atom. The number of nitrogens with zero attached hydrogens (tertiary/aromatic N) is 1. The van der Waals surface area contributed by atoms with E-state index in [1.54, 1.807) is 4.90 Å². The van der Waals surface area contributed by atoms with Crippen molar-refractivity contribution >= 4 is 18.4 Å². The summed E-state index contributed by atoms with van der Waals surface area (Å²) in [6.45, 7) is 4.06. The molecule has 0 saturated heterocycles. The first kappa shape index (κ1) is 12.0. The SMILES string of the molecule is CC1=CC(C)N(CC(=O)O)C=C1.Cl. The third kappa shape index (κ3) is 3.51. The minimum Gasteiger partial charge on any atom is -0.480 e. The summed E-state index contributed by atoms with van der Waals surface area (Å²) >= 11 is 0. The van der Waals surface area contributed by atoms with Crippen LogP contribution in [0.3, 0.4) is 0 Å². The van der Waals surface area contributed by atoms with Crippen molar-refractivity contribution in [2.24, 2.45) is 0 Å². The molecule has 0 spiro atoms. The predicted octanol–water partition coefficient (Wildman–Crippen LogP) is 1.66. The second-order valence-electron chi connectivity index (χ2n) is 3.03. The van der Waals surface area contributed by atoms with Crippen molar-refractivity contribution < 1.29 is 9.90 Å². The van der Waals surface area contributed by atoms with Crippen molar-refractivity contribution in [2.75, 3.05) is 6.54 Å². The van der Waals surface area contributed by atoms with Crippen molar-refractivity contribution in [3.05, 3.63) is 23.9 Å². The molecule has 3 nitrogen and oxygen atoms in total. The molecule has 0 amide bonds. The third-order valence-corrected chi connectivity index (χ3v) is 1.87. The smallest absolute Gasteiger partial charge is 0.323 e. The molecule has 4 heteroatoms. The molecule has 1 aliphatic heterocycles. The molecule has 0 aliphatic carbocycles. The summed E-state index contributed by atoms with van der Waals surface area (Å²) in [5.74, 6) is -0.792. The molecule has 13 heavy (non-hydrogen) atoms. The highest BCUT2D eigenvalue weighted by molar-refractivity contribution is 5.85. The fourth-order valence-electron chi connectivity index (χ4n) is 1.23. The second-order valence-corrected chi connectivity index (χ2v) is 3.03.